The predicted octanol–water partition coefficient (Wildman–Crippen LogP) is 2.63. The Kier molecular flexibility index (Phi) is 2.60. The predicted molar refractivity (Wildman–Crippen MR) is 71.7 cm³/mol. The minimum atomic E-state index is -0.504. The van der Waals surface area contributed by atoms with E-state index in [-0.39, 0.29) is 17.2 Å². The number of nitrogens with zero attached hydrogens (tertiary/aromatic N) is 3. The van der Waals surface area contributed by atoms with Crippen LogP contribution >= 0.6 is 0 Å². The molecule has 0 fully saturated rings. The summed E-state index contributed by atoms with van der Waals surface area (Å²) in [5.41, 5.74) is 6.74. The van der Waals surface area contributed by atoms with E-state index in [0.29, 0.717) is 11.3 Å². The second-order valence-electron chi connectivity index (χ2n) is 4.20. The third kappa shape index (κ3) is 1.76. The number of anilines is 1. The molecule has 3 aromatic rings. The number of benzene rings is 1. The SMILES string of the molecule is Nc1c(-c2cccc([N+](=O)[O-])c2)nc2c(F)cccn12. The highest BCUT2D eigenvalue weighted by Crippen LogP contribution is 2.29. The summed E-state index contributed by atoms with van der Waals surface area (Å²) in [5, 5.41) is 10.8. The lowest BCUT2D eigenvalue weighted by Crippen LogP contribution is -1.95. The van der Waals surface area contributed by atoms with Crippen LogP contribution in [-0.2, 0) is 0 Å². The quantitative estimate of drug-likeness (QED) is 0.574. The van der Waals surface area contributed by atoms with Crippen LogP contribution in [0.3, 0.4) is 0 Å². The Morgan fingerprint density at radius 3 is 2.80 bits per heavy atom. The number of pyridine rings is 1. The molecule has 0 radical (unpaired) electrons. The van der Waals surface area contributed by atoms with Crippen LogP contribution in [-0.4, -0.2) is 14.3 Å². The molecule has 0 aliphatic carbocycles. The molecule has 0 spiro atoms. The normalized spacial score (nSPS) is 10.8. The van der Waals surface area contributed by atoms with Crippen molar-refractivity contribution in [2.45, 2.75) is 0 Å². The van der Waals surface area contributed by atoms with Crippen LogP contribution in [0.4, 0.5) is 15.9 Å². The molecule has 7 heteroatoms. The second kappa shape index (κ2) is 4.30. The van der Waals surface area contributed by atoms with Crippen LogP contribution in [0, 0.1) is 15.9 Å². The fraction of sp³-hybridized carbons (Fsp3) is 0. The first kappa shape index (κ1) is 12.1. The van der Waals surface area contributed by atoms with Crippen LogP contribution in [0.15, 0.2) is 42.6 Å². The number of halogens is 1. The fourth-order valence-electron chi connectivity index (χ4n) is 2.03. The third-order valence-corrected chi connectivity index (χ3v) is 2.97. The number of aromatic nitrogens is 2. The average Bonchev–Trinajstić information content (AvgIpc) is 2.78. The van der Waals surface area contributed by atoms with Crippen LogP contribution in [0.5, 0.6) is 0 Å². The molecule has 0 aliphatic heterocycles. The molecule has 0 atom stereocenters. The Morgan fingerprint density at radius 2 is 2.10 bits per heavy atom. The number of imidazole rings is 1. The van der Waals surface area contributed by atoms with E-state index >= 15 is 0 Å². The van der Waals surface area contributed by atoms with Gasteiger partial charge in [0.1, 0.15) is 11.5 Å². The first-order valence-electron chi connectivity index (χ1n) is 5.75. The van der Waals surface area contributed by atoms with Gasteiger partial charge in [0.15, 0.2) is 11.5 Å². The number of hydrogen-bond acceptors (Lipinski definition) is 4. The van der Waals surface area contributed by atoms with Gasteiger partial charge in [-0.3, -0.25) is 14.5 Å². The van der Waals surface area contributed by atoms with Crippen molar-refractivity contribution in [1.82, 2.24) is 9.38 Å². The average molecular weight is 272 g/mol. The van der Waals surface area contributed by atoms with E-state index < -0.39 is 10.7 Å². The standard InChI is InChI=1S/C13H9FN4O2/c14-10-5-2-6-17-12(15)11(16-13(10)17)8-3-1-4-9(7-8)18(19)20/h1-7H,15H2. The van der Waals surface area contributed by atoms with Crippen molar-refractivity contribution in [3.8, 4) is 11.3 Å². The molecule has 0 saturated heterocycles. The third-order valence-electron chi connectivity index (χ3n) is 2.97. The van der Waals surface area contributed by atoms with Gasteiger partial charge in [-0.1, -0.05) is 12.1 Å². The van der Waals surface area contributed by atoms with Gasteiger partial charge in [0.05, 0.1) is 4.92 Å². The highest BCUT2D eigenvalue weighted by Gasteiger charge is 2.16. The van der Waals surface area contributed by atoms with Gasteiger partial charge in [-0.05, 0) is 12.1 Å². The van der Waals surface area contributed by atoms with Gasteiger partial charge in [-0.15, -0.1) is 0 Å². The summed E-state index contributed by atoms with van der Waals surface area (Å²) in [6, 6.07) is 8.69. The monoisotopic (exact) mass is 272 g/mol. The van der Waals surface area contributed by atoms with Crippen LogP contribution < -0.4 is 5.73 Å². The summed E-state index contributed by atoms with van der Waals surface area (Å²) in [6.45, 7) is 0. The van der Waals surface area contributed by atoms with Crippen molar-refractivity contribution >= 4 is 17.2 Å². The van der Waals surface area contributed by atoms with E-state index in [9.17, 15) is 14.5 Å². The smallest absolute Gasteiger partial charge is 0.270 e. The van der Waals surface area contributed by atoms with Gasteiger partial charge >= 0.3 is 0 Å². The number of nitro benzene ring substituents is 1. The Bertz CT molecular complexity index is 828. The minimum Gasteiger partial charge on any atom is -0.383 e. The summed E-state index contributed by atoms with van der Waals surface area (Å²) in [7, 11) is 0. The second-order valence-corrected chi connectivity index (χ2v) is 4.20. The Hall–Kier alpha value is -2.96. The molecule has 0 bridgehead atoms. The maximum atomic E-state index is 13.7. The minimum absolute atomic E-state index is 0.0700. The number of fused-ring (bicyclic) bond motifs is 1. The maximum Gasteiger partial charge on any atom is 0.270 e. The lowest BCUT2D eigenvalue weighted by Gasteiger charge is -1.99. The van der Waals surface area contributed by atoms with Gasteiger partial charge in [0.25, 0.3) is 5.69 Å². The van der Waals surface area contributed by atoms with Gasteiger partial charge < -0.3 is 5.73 Å². The van der Waals surface area contributed by atoms with Crippen molar-refractivity contribution < 1.29 is 9.31 Å². The Morgan fingerprint density at radius 1 is 1.30 bits per heavy atom. The number of nitrogens with two attached hydrogens (primary N) is 1. The molecule has 2 heterocycles. The lowest BCUT2D eigenvalue weighted by molar-refractivity contribution is -0.384. The molecule has 0 unspecified atom stereocenters. The number of nitro groups is 1. The Balaban J connectivity index is 2.25. The summed E-state index contributed by atoms with van der Waals surface area (Å²) in [6.07, 6.45) is 1.58. The molecule has 3 rings (SSSR count). The summed E-state index contributed by atoms with van der Waals surface area (Å²) >= 11 is 0. The topological polar surface area (TPSA) is 86.5 Å². The molecule has 20 heavy (non-hydrogen) atoms. The zero-order valence-electron chi connectivity index (χ0n) is 10.2. The fourth-order valence-corrected chi connectivity index (χ4v) is 2.03. The first-order chi connectivity index (χ1) is 9.58. The van der Waals surface area contributed by atoms with Crippen LogP contribution in [0.1, 0.15) is 0 Å². The number of hydrogen-bond donors (Lipinski definition) is 1. The van der Waals surface area contributed by atoms with E-state index in [1.165, 1.54) is 34.7 Å². The summed E-state index contributed by atoms with van der Waals surface area (Å²) in [5.74, 6) is -0.268. The number of nitrogen functional groups attached to an aromatic ring is 1. The lowest BCUT2D eigenvalue weighted by atomic mass is 10.1. The van der Waals surface area contributed by atoms with E-state index in [0.717, 1.165) is 0 Å². The molecule has 2 N–H and O–H groups in total. The van der Waals surface area contributed by atoms with Gasteiger partial charge in [-0.2, -0.15) is 0 Å². The van der Waals surface area contributed by atoms with Crippen LogP contribution in [0.25, 0.3) is 16.9 Å². The largest absolute Gasteiger partial charge is 0.383 e. The molecule has 0 saturated carbocycles. The molecule has 0 aliphatic rings. The molecule has 1 aromatic carbocycles. The summed E-state index contributed by atoms with van der Waals surface area (Å²) < 4.78 is 15.1. The van der Waals surface area contributed by atoms with E-state index in [2.05, 4.69) is 4.98 Å². The molecule has 2 aromatic heterocycles. The molecule has 100 valence electrons. The molecular weight excluding hydrogens is 263 g/mol. The number of rotatable bonds is 2. The van der Waals surface area contributed by atoms with Crippen molar-refractivity contribution in [3.63, 3.8) is 0 Å². The van der Waals surface area contributed by atoms with Gasteiger partial charge in [-0.25, -0.2) is 9.37 Å². The number of non-ortho nitro benzene ring substituents is 1. The van der Waals surface area contributed by atoms with E-state index in [1.807, 2.05) is 0 Å². The van der Waals surface area contributed by atoms with Crippen molar-refractivity contribution in [2.75, 3.05) is 5.73 Å². The highest BCUT2D eigenvalue weighted by atomic mass is 19.1. The van der Waals surface area contributed by atoms with Gasteiger partial charge in [0, 0.05) is 23.9 Å². The van der Waals surface area contributed by atoms with E-state index in [1.54, 1.807) is 12.3 Å². The van der Waals surface area contributed by atoms with Crippen molar-refractivity contribution in [1.29, 1.82) is 0 Å². The van der Waals surface area contributed by atoms with Crippen molar-refractivity contribution in [2.24, 2.45) is 0 Å². The van der Waals surface area contributed by atoms with E-state index in [4.69, 9.17) is 5.73 Å². The van der Waals surface area contributed by atoms with Crippen LogP contribution in [0.2, 0.25) is 0 Å². The van der Waals surface area contributed by atoms with Crippen molar-refractivity contribution in [3.05, 3.63) is 58.5 Å². The molecule has 6 nitrogen and oxygen atoms in total. The first-order valence-corrected chi connectivity index (χ1v) is 5.75. The molecule has 0 amide bonds. The zero-order chi connectivity index (χ0) is 14.3. The highest BCUT2D eigenvalue weighted by molar-refractivity contribution is 5.76. The zero-order valence-corrected chi connectivity index (χ0v) is 10.2. The summed E-state index contributed by atoms with van der Waals surface area (Å²) in [4.78, 5) is 14.4. The Labute approximate surface area is 112 Å². The molecular formula is C13H9FN4O2. The maximum absolute atomic E-state index is 13.7. The van der Waals surface area contributed by atoms with Gasteiger partial charge in [0.2, 0.25) is 0 Å².